The molecule has 0 aliphatic heterocycles. The predicted octanol–water partition coefficient (Wildman–Crippen LogP) is 8.51. The Morgan fingerprint density at radius 2 is 0.957 bits per heavy atom. The Morgan fingerprint density at radius 1 is 0.609 bits per heavy atom. The van der Waals surface area contributed by atoms with E-state index >= 15 is 9.13 Å². The zero-order valence-electron chi connectivity index (χ0n) is 28.2. The van der Waals surface area contributed by atoms with Gasteiger partial charge in [0.25, 0.3) is 14.7 Å². The van der Waals surface area contributed by atoms with Gasteiger partial charge in [0.15, 0.2) is 0 Å². The molecule has 0 saturated heterocycles. The van der Waals surface area contributed by atoms with Crippen LogP contribution in [0.15, 0.2) is 72.8 Å². The molecule has 2 fully saturated rings. The summed E-state index contributed by atoms with van der Waals surface area (Å²) >= 11 is 0. The summed E-state index contributed by atoms with van der Waals surface area (Å²) in [5, 5.41) is 24.4. The molecular weight excluding hydrogens is 614 g/mol. The molecule has 6 nitrogen and oxygen atoms in total. The van der Waals surface area contributed by atoms with Crippen LogP contribution in [0.2, 0.25) is 0 Å². The fourth-order valence-electron chi connectivity index (χ4n) is 7.64. The van der Waals surface area contributed by atoms with E-state index < -0.39 is 14.7 Å². The van der Waals surface area contributed by atoms with Gasteiger partial charge in [-0.1, -0.05) is 90.8 Å². The van der Waals surface area contributed by atoms with Crippen molar-refractivity contribution >= 4 is 36.0 Å². The van der Waals surface area contributed by atoms with E-state index in [-0.39, 0.29) is 46.2 Å². The average Bonchev–Trinajstić information content (AvgIpc) is 3.02. The van der Waals surface area contributed by atoms with Gasteiger partial charge in [0.1, 0.15) is 11.5 Å². The van der Waals surface area contributed by atoms with E-state index in [1.54, 1.807) is 48.5 Å². The highest BCUT2D eigenvalue weighted by molar-refractivity contribution is 7.75. The molecule has 0 heterocycles. The zero-order valence-corrected chi connectivity index (χ0v) is 30.0. The first kappa shape index (κ1) is 35.0. The van der Waals surface area contributed by atoms with Crippen molar-refractivity contribution in [3.63, 3.8) is 0 Å². The largest absolute Gasteiger partial charge is 0.507 e. The molecule has 3 aromatic rings. The molecule has 250 valence electrons. The van der Waals surface area contributed by atoms with E-state index in [1.165, 1.54) is 12.1 Å². The van der Waals surface area contributed by atoms with Gasteiger partial charge in [0, 0.05) is 10.6 Å². The molecule has 0 bridgehead atoms. The Kier molecular flexibility index (Phi) is 10.9. The minimum atomic E-state index is -3.91. The van der Waals surface area contributed by atoms with Crippen molar-refractivity contribution < 1.29 is 28.4 Å². The summed E-state index contributed by atoms with van der Waals surface area (Å²) in [5.74, 6) is 1.25. The smallest absolute Gasteiger partial charge is 0.265 e. The predicted molar refractivity (Wildman–Crippen MR) is 189 cm³/mol. The van der Waals surface area contributed by atoms with E-state index in [0.717, 1.165) is 38.5 Å². The van der Waals surface area contributed by atoms with Crippen molar-refractivity contribution in [2.75, 3.05) is 0 Å². The molecule has 2 saturated carbocycles. The van der Waals surface area contributed by atoms with Crippen LogP contribution < -0.4 is 21.2 Å². The fraction of sp³-hybridized carbons (Fsp3) is 0.526. The first-order valence-electron chi connectivity index (χ1n) is 17.1. The normalized spacial score (nSPS) is 28.1. The van der Waals surface area contributed by atoms with Crippen LogP contribution in [0.5, 0.6) is 11.5 Å². The van der Waals surface area contributed by atoms with Gasteiger partial charge < -0.3 is 19.3 Å². The van der Waals surface area contributed by atoms with Crippen LogP contribution in [-0.4, -0.2) is 22.4 Å². The second-order valence-electron chi connectivity index (χ2n) is 14.5. The highest BCUT2D eigenvalue weighted by atomic mass is 31.2. The molecule has 46 heavy (non-hydrogen) atoms. The van der Waals surface area contributed by atoms with Crippen LogP contribution in [-0.2, 0) is 18.2 Å². The van der Waals surface area contributed by atoms with E-state index in [4.69, 9.17) is 9.05 Å². The molecule has 8 heteroatoms. The average molecular weight is 667 g/mol. The molecule has 0 radical (unpaired) electrons. The van der Waals surface area contributed by atoms with Crippen LogP contribution in [0.4, 0.5) is 0 Å². The third kappa shape index (κ3) is 7.21. The van der Waals surface area contributed by atoms with Gasteiger partial charge in [0.05, 0.1) is 22.8 Å². The van der Waals surface area contributed by atoms with Crippen LogP contribution in [0.3, 0.4) is 0 Å². The lowest BCUT2D eigenvalue weighted by Gasteiger charge is -2.39. The fourth-order valence-corrected chi connectivity index (χ4v) is 12.4. The molecule has 2 aliphatic carbocycles. The first-order valence-corrected chi connectivity index (χ1v) is 20.3. The summed E-state index contributed by atoms with van der Waals surface area (Å²) in [6, 6.07) is 20.5. The number of rotatable bonds is 10. The number of aromatic hydroxyl groups is 2. The van der Waals surface area contributed by atoms with Crippen LogP contribution in [0.1, 0.15) is 80.1 Å². The molecule has 0 unspecified atom stereocenters. The van der Waals surface area contributed by atoms with Gasteiger partial charge in [-0.05, 0) is 97.6 Å². The summed E-state index contributed by atoms with van der Waals surface area (Å²) in [6.07, 6.45) is 5.09. The Hall–Kier alpha value is -2.36. The van der Waals surface area contributed by atoms with Gasteiger partial charge in [-0.3, -0.25) is 9.13 Å². The lowest BCUT2D eigenvalue weighted by molar-refractivity contribution is 0.0509. The highest BCUT2D eigenvalue weighted by Crippen LogP contribution is 2.56. The maximum Gasteiger partial charge on any atom is 0.265 e. The molecule has 2 aliphatic rings. The van der Waals surface area contributed by atoms with Crippen molar-refractivity contribution in [3.8, 4) is 11.5 Å². The highest BCUT2D eigenvalue weighted by Gasteiger charge is 2.44. The molecule has 5 rings (SSSR count). The minimum Gasteiger partial charge on any atom is -0.507 e. The second kappa shape index (κ2) is 14.4. The summed E-state index contributed by atoms with van der Waals surface area (Å²) in [5.41, 5.74) is 0. The summed E-state index contributed by atoms with van der Waals surface area (Å²) in [7, 11) is -7.82. The Bertz CT molecular complexity index is 1440. The maximum atomic E-state index is 15.2. The molecule has 0 aromatic heterocycles. The number of benzene rings is 3. The molecule has 2 N–H and O–H groups in total. The van der Waals surface area contributed by atoms with Crippen LogP contribution in [0.25, 0.3) is 0 Å². The summed E-state index contributed by atoms with van der Waals surface area (Å²) in [4.78, 5) is 0. The van der Waals surface area contributed by atoms with Gasteiger partial charge in [-0.15, -0.1) is 0 Å². The van der Waals surface area contributed by atoms with Crippen molar-refractivity contribution in [1.29, 1.82) is 0 Å². The minimum absolute atomic E-state index is 0.00615. The molecule has 3 aromatic carbocycles. The number of hydrogen-bond donors (Lipinski definition) is 2. The topological polar surface area (TPSA) is 93.1 Å². The van der Waals surface area contributed by atoms with Gasteiger partial charge >= 0.3 is 0 Å². The number of hydrogen-bond acceptors (Lipinski definition) is 6. The van der Waals surface area contributed by atoms with Gasteiger partial charge in [-0.2, -0.15) is 0 Å². The third-order valence-corrected chi connectivity index (χ3v) is 15.5. The van der Waals surface area contributed by atoms with E-state index in [1.807, 2.05) is 12.1 Å². The van der Waals surface area contributed by atoms with E-state index in [2.05, 4.69) is 41.5 Å². The van der Waals surface area contributed by atoms with Crippen molar-refractivity contribution in [2.45, 2.75) is 92.3 Å². The number of phenolic OH excluding ortho intramolecular Hbond substituents is 2. The van der Waals surface area contributed by atoms with Gasteiger partial charge in [-0.25, -0.2) is 0 Å². The van der Waals surface area contributed by atoms with Crippen molar-refractivity contribution in [1.82, 2.24) is 0 Å². The monoisotopic (exact) mass is 666 g/mol. The zero-order chi connectivity index (χ0) is 33.2. The molecule has 0 amide bonds. The summed E-state index contributed by atoms with van der Waals surface area (Å²) in [6.45, 7) is 13.1. The van der Waals surface area contributed by atoms with E-state index in [0.29, 0.717) is 34.3 Å². The Labute approximate surface area is 275 Å². The van der Waals surface area contributed by atoms with Crippen molar-refractivity contribution in [3.05, 3.63) is 72.8 Å². The second-order valence-corrected chi connectivity index (χ2v) is 19.2. The van der Waals surface area contributed by atoms with Crippen LogP contribution in [0, 0.1) is 35.5 Å². The summed E-state index contributed by atoms with van der Waals surface area (Å²) < 4.78 is 43.9. The Morgan fingerprint density at radius 3 is 1.28 bits per heavy atom. The third-order valence-electron chi connectivity index (χ3n) is 10.4. The standard InChI is InChI=1S/C38H52O6P2/c1-25(2)31-19-17-27(5)21-35(31)43-45(41,29-13-9-7-10-14-29)37-23-34(40)38(24-33(37)39)46(42,30-15-11-8-12-16-30)44-36-22-28(6)18-20-32(36)26(3)4/h7-16,23-28,31-32,35-36,39-40H,17-22H2,1-6H3/t27-,28-,31+,32+,35-,36-,45+,46+/m0/s1. The lowest BCUT2D eigenvalue weighted by atomic mass is 9.75. The lowest BCUT2D eigenvalue weighted by Crippen LogP contribution is -2.36. The molecule has 8 atom stereocenters. The van der Waals surface area contributed by atoms with Crippen LogP contribution >= 0.6 is 14.7 Å². The maximum absolute atomic E-state index is 15.2. The first-order chi connectivity index (χ1) is 21.8. The molecular formula is C38H52O6P2. The Balaban J connectivity index is 1.62. The van der Waals surface area contributed by atoms with Crippen molar-refractivity contribution in [2.24, 2.45) is 35.5 Å². The van der Waals surface area contributed by atoms with Gasteiger partial charge in [0.2, 0.25) is 0 Å². The SMILES string of the molecule is CC(C)[C@H]1CC[C@H](C)C[C@@H]1O[P@](=O)(c1ccccc1)c1cc(O)c([P@](=O)(O[C@H]2C[C@@H](C)CC[C@@H]2C(C)C)c2ccccc2)cc1O. The quantitative estimate of drug-likeness (QED) is 0.167. The van der Waals surface area contributed by atoms with E-state index in [9.17, 15) is 10.2 Å². The molecule has 0 spiro atoms. The number of phenols is 2.